The van der Waals surface area contributed by atoms with E-state index in [0.29, 0.717) is 12.1 Å². The molecule has 0 spiro atoms. The minimum absolute atomic E-state index is 0.496. The van der Waals surface area contributed by atoms with Gasteiger partial charge in [0.1, 0.15) is 0 Å². The fourth-order valence-electron chi connectivity index (χ4n) is 2.91. The Morgan fingerprint density at radius 3 is 2.86 bits per heavy atom. The van der Waals surface area contributed by atoms with Gasteiger partial charge in [-0.1, -0.05) is 19.9 Å². The summed E-state index contributed by atoms with van der Waals surface area (Å²) in [6.07, 6.45) is 2.60. The second-order valence-electron chi connectivity index (χ2n) is 6.63. The van der Waals surface area contributed by atoms with E-state index in [1.165, 1.54) is 31.6 Å². The first-order chi connectivity index (χ1) is 10.0. The zero-order chi connectivity index (χ0) is 15.2. The van der Waals surface area contributed by atoms with E-state index in [-0.39, 0.29) is 0 Å². The van der Waals surface area contributed by atoms with E-state index < -0.39 is 0 Å². The summed E-state index contributed by atoms with van der Waals surface area (Å²) in [5.74, 6) is 0. The van der Waals surface area contributed by atoms with Crippen LogP contribution in [0, 0.1) is 0 Å². The molecule has 1 N–H and O–H groups in total. The molecule has 1 aromatic rings. The van der Waals surface area contributed by atoms with Crippen LogP contribution in [0.3, 0.4) is 0 Å². The van der Waals surface area contributed by atoms with Crippen molar-refractivity contribution in [3.05, 3.63) is 29.6 Å². The maximum Gasteiger partial charge on any atom is 0.0547 e. The van der Waals surface area contributed by atoms with Crippen LogP contribution < -0.4 is 5.32 Å². The van der Waals surface area contributed by atoms with Gasteiger partial charge in [-0.05, 0) is 45.6 Å². The number of nitrogens with one attached hydrogen (secondary N) is 1. The van der Waals surface area contributed by atoms with Crippen LogP contribution in [0.2, 0.25) is 0 Å². The van der Waals surface area contributed by atoms with E-state index in [1.807, 2.05) is 0 Å². The van der Waals surface area contributed by atoms with E-state index in [0.717, 1.165) is 18.8 Å². The largest absolute Gasteiger partial charge is 0.309 e. The first kappa shape index (κ1) is 16.4. The second kappa shape index (κ2) is 7.87. The third-order valence-electron chi connectivity index (χ3n) is 4.19. The lowest BCUT2D eigenvalue weighted by Gasteiger charge is -2.35. The number of aromatic nitrogens is 1. The van der Waals surface area contributed by atoms with Gasteiger partial charge in [-0.25, -0.2) is 0 Å². The van der Waals surface area contributed by atoms with Gasteiger partial charge in [0, 0.05) is 31.7 Å². The molecule has 0 radical (unpaired) electrons. The molecule has 1 atom stereocenters. The van der Waals surface area contributed by atoms with Crippen molar-refractivity contribution in [1.82, 2.24) is 20.1 Å². The van der Waals surface area contributed by atoms with Gasteiger partial charge in [-0.3, -0.25) is 9.88 Å². The molecule has 1 aliphatic rings. The molecule has 2 rings (SSSR count). The van der Waals surface area contributed by atoms with Crippen molar-refractivity contribution >= 4 is 0 Å². The van der Waals surface area contributed by atoms with E-state index in [1.54, 1.807) is 0 Å². The predicted molar refractivity (Wildman–Crippen MR) is 88.2 cm³/mol. The number of hydrogen-bond donors (Lipinski definition) is 1. The highest BCUT2D eigenvalue weighted by molar-refractivity contribution is 5.11. The van der Waals surface area contributed by atoms with Gasteiger partial charge in [0.05, 0.1) is 11.4 Å². The molecule has 21 heavy (non-hydrogen) atoms. The Hall–Kier alpha value is -0.970. The maximum atomic E-state index is 4.78. The SMILES string of the molecule is CC(C)NCc1cccc(CN(C)C2CCCN(C)C2)n1. The summed E-state index contributed by atoms with van der Waals surface area (Å²) in [5, 5.41) is 3.43. The highest BCUT2D eigenvalue weighted by Gasteiger charge is 2.21. The number of likely N-dealkylation sites (N-methyl/N-ethyl adjacent to an activating group) is 2. The molecule has 0 saturated carbocycles. The van der Waals surface area contributed by atoms with Crippen LogP contribution in [0.5, 0.6) is 0 Å². The predicted octanol–water partition coefficient (Wildman–Crippen LogP) is 2.11. The molecule has 1 fully saturated rings. The van der Waals surface area contributed by atoms with Crippen LogP contribution in [0.4, 0.5) is 0 Å². The van der Waals surface area contributed by atoms with E-state index in [4.69, 9.17) is 4.98 Å². The third kappa shape index (κ3) is 5.38. The summed E-state index contributed by atoms with van der Waals surface area (Å²) < 4.78 is 0. The number of hydrogen-bond acceptors (Lipinski definition) is 4. The van der Waals surface area contributed by atoms with Crippen molar-refractivity contribution < 1.29 is 0 Å². The van der Waals surface area contributed by atoms with Crippen LogP contribution in [-0.4, -0.2) is 54.1 Å². The van der Waals surface area contributed by atoms with Gasteiger partial charge < -0.3 is 10.2 Å². The number of piperidine rings is 1. The Labute approximate surface area is 129 Å². The van der Waals surface area contributed by atoms with Gasteiger partial charge in [-0.15, -0.1) is 0 Å². The van der Waals surface area contributed by atoms with Gasteiger partial charge in [0.2, 0.25) is 0 Å². The highest BCUT2D eigenvalue weighted by atomic mass is 15.2. The molecule has 1 unspecified atom stereocenters. The monoisotopic (exact) mass is 290 g/mol. The summed E-state index contributed by atoms with van der Waals surface area (Å²) in [6, 6.07) is 7.52. The normalized spacial score (nSPS) is 20.4. The summed E-state index contributed by atoms with van der Waals surface area (Å²) in [5.41, 5.74) is 2.31. The molecule has 1 aliphatic heterocycles. The van der Waals surface area contributed by atoms with Gasteiger partial charge in [0.15, 0.2) is 0 Å². The lowest BCUT2D eigenvalue weighted by Crippen LogP contribution is -2.44. The number of rotatable bonds is 6. The minimum Gasteiger partial charge on any atom is -0.309 e. The van der Waals surface area contributed by atoms with E-state index in [9.17, 15) is 0 Å². The molecule has 2 heterocycles. The number of pyridine rings is 1. The average molecular weight is 290 g/mol. The summed E-state index contributed by atoms with van der Waals surface area (Å²) in [7, 11) is 4.45. The highest BCUT2D eigenvalue weighted by Crippen LogP contribution is 2.15. The topological polar surface area (TPSA) is 31.4 Å². The molecule has 118 valence electrons. The Morgan fingerprint density at radius 2 is 2.14 bits per heavy atom. The van der Waals surface area contributed by atoms with Crippen molar-refractivity contribution in [2.75, 3.05) is 27.2 Å². The summed E-state index contributed by atoms with van der Waals surface area (Å²) in [6.45, 7) is 8.52. The van der Waals surface area contributed by atoms with Crippen LogP contribution in [-0.2, 0) is 13.1 Å². The first-order valence-electron chi connectivity index (χ1n) is 8.11. The quantitative estimate of drug-likeness (QED) is 0.869. The maximum absolute atomic E-state index is 4.78. The van der Waals surface area contributed by atoms with Crippen LogP contribution in [0.15, 0.2) is 18.2 Å². The molecular weight excluding hydrogens is 260 g/mol. The average Bonchev–Trinajstić information content (AvgIpc) is 2.45. The molecule has 1 aromatic heterocycles. The van der Waals surface area contributed by atoms with Gasteiger partial charge in [-0.2, -0.15) is 0 Å². The van der Waals surface area contributed by atoms with Crippen LogP contribution in [0.25, 0.3) is 0 Å². The Balaban J connectivity index is 1.90. The molecule has 0 aromatic carbocycles. The zero-order valence-electron chi connectivity index (χ0n) is 14.0. The number of nitrogens with zero attached hydrogens (tertiary/aromatic N) is 3. The van der Waals surface area contributed by atoms with Crippen molar-refractivity contribution in [1.29, 1.82) is 0 Å². The smallest absolute Gasteiger partial charge is 0.0547 e. The Kier molecular flexibility index (Phi) is 6.15. The number of likely N-dealkylation sites (tertiary alicyclic amines) is 1. The lowest BCUT2D eigenvalue weighted by atomic mass is 10.0. The fourth-order valence-corrected chi connectivity index (χ4v) is 2.91. The fraction of sp³-hybridized carbons (Fsp3) is 0.706. The molecule has 0 bridgehead atoms. The third-order valence-corrected chi connectivity index (χ3v) is 4.19. The molecule has 0 amide bonds. The molecule has 1 saturated heterocycles. The summed E-state index contributed by atoms with van der Waals surface area (Å²) >= 11 is 0. The van der Waals surface area contributed by atoms with Crippen molar-refractivity contribution in [2.24, 2.45) is 0 Å². The lowest BCUT2D eigenvalue weighted by molar-refractivity contribution is 0.128. The van der Waals surface area contributed by atoms with Crippen molar-refractivity contribution in [3.8, 4) is 0 Å². The minimum atomic E-state index is 0.496. The van der Waals surface area contributed by atoms with Crippen molar-refractivity contribution in [2.45, 2.75) is 51.9 Å². The second-order valence-corrected chi connectivity index (χ2v) is 6.63. The molecule has 0 aliphatic carbocycles. The van der Waals surface area contributed by atoms with E-state index >= 15 is 0 Å². The van der Waals surface area contributed by atoms with Crippen LogP contribution >= 0.6 is 0 Å². The van der Waals surface area contributed by atoms with Gasteiger partial charge >= 0.3 is 0 Å². The first-order valence-corrected chi connectivity index (χ1v) is 8.11. The molecule has 4 nitrogen and oxygen atoms in total. The molecule has 4 heteroatoms. The summed E-state index contributed by atoms with van der Waals surface area (Å²) in [4.78, 5) is 9.67. The standard InChI is InChI=1S/C17H30N4/c1-14(2)18-11-15-7-5-8-16(19-15)12-21(4)17-9-6-10-20(3)13-17/h5,7-8,14,17-18H,6,9-13H2,1-4H3. The van der Waals surface area contributed by atoms with Crippen LogP contribution in [0.1, 0.15) is 38.1 Å². The molecular formula is C17H30N4. The Morgan fingerprint density at radius 1 is 1.38 bits per heavy atom. The van der Waals surface area contributed by atoms with Crippen molar-refractivity contribution in [3.63, 3.8) is 0 Å². The zero-order valence-corrected chi connectivity index (χ0v) is 14.0. The Bertz CT molecular complexity index is 433. The van der Waals surface area contributed by atoms with Gasteiger partial charge in [0.25, 0.3) is 0 Å². The van der Waals surface area contributed by atoms with E-state index in [2.05, 4.69) is 61.3 Å².